The van der Waals surface area contributed by atoms with Crippen LogP contribution in [0.1, 0.15) is 11.1 Å². The van der Waals surface area contributed by atoms with E-state index < -0.39 is 0 Å². The van der Waals surface area contributed by atoms with Crippen LogP contribution in [0.4, 0.5) is 0 Å². The summed E-state index contributed by atoms with van der Waals surface area (Å²) in [5.41, 5.74) is 4.88. The van der Waals surface area contributed by atoms with Gasteiger partial charge in [-0.3, -0.25) is 0 Å². The van der Waals surface area contributed by atoms with Gasteiger partial charge in [0, 0.05) is 5.02 Å². The maximum atomic E-state index is 6.16. The van der Waals surface area contributed by atoms with Crippen LogP contribution in [0.5, 0.6) is 0 Å². The van der Waals surface area contributed by atoms with Crippen LogP contribution in [-0.2, 0) is 0 Å². The zero-order chi connectivity index (χ0) is 9.42. The fourth-order valence-electron chi connectivity index (χ4n) is 1.72. The molecule has 0 atom stereocenters. The van der Waals surface area contributed by atoms with Crippen LogP contribution < -0.4 is 0 Å². The minimum Gasteiger partial charge on any atom is -0.0837 e. The predicted octanol–water partition coefficient (Wildman–Crippen LogP) is 4.06. The van der Waals surface area contributed by atoms with Crippen LogP contribution in [0.15, 0.2) is 30.3 Å². The second-order valence-corrected chi connectivity index (χ2v) is 3.68. The summed E-state index contributed by atoms with van der Waals surface area (Å²) >= 11 is 6.16. The number of hydrogen-bond acceptors (Lipinski definition) is 0. The molecule has 0 saturated carbocycles. The fourth-order valence-corrected chi connectivity index (χ4v) is 1.92. The Morgan fingerprint density at radius 2 is 1.31 bits per heavy atom. The lowest BCUT2D eigenvalue weighted by molar-refractivity contribution is 1.51. The Morgan fingerprint density at radius 1 is 0.846 bits per heavy atom. The standard InChI is InChI=1S/C12H11Cl/c1-8-10-6-4-3-5-7-11(10)9(2)12(8)13/h3-7H,1-2H3. The summed E-state index contributed by atoms with van der Waals surface area (Å²) in [5, 5.41) is 0.904. The van der Waals surface area contributed by atoms with E-state index in [1.54, 1.807) is 0 Å². The van der Waals surface area contributed by atoms with Gasteiger partial charge in [-0.25, -0.2) is 0 Å². The molecule has 0 fully saturated rings. The molecule has 0 radical (unpaired) electrons. The van der Waals surface area contributed by atoms with Crippen LogP contribution in [0, 0.1) is 13.8 Å². The topological polar surface area (TPSA) is 0 Å². The first kappa shape index (κ1) is 8.58. The van der Waals surface area contributed by atoms with Gasteiger partial charge in [-0.2, -0.15) is 0 Å². The quantitative estimate of drug-likeness (QED) is 0.588. The van der Waals surface area contributed by atoms with Crippen molar-refractivity contribution in [3.05, 3.63) is 46.5 Å². The summed E-state index contributed by atoms with van der Waals surface area (Å²) < 4.78 is 0. The molecule has 2 aliphatic rings. The lowest BCUT2D eigenvalue weighted by Crippen LogP contribution is -1.70. The van der Waals surface area contributed by atoms with Crippen molar-refractivity contribution in [3.8, 4) is 11.1 Å². The Hall–Kier alpha value is -1.01. The molecule has 0 nitrogen and oxygen atoms in total. The van der Waals surface area contributed by atoms with Crippen LogP contribution in [-0.4, -0.2) is 0 Å². The Morgan fingerprint density at radius 3 is 1.77 bits per heavy atom. The normalized spacial score (nSPS) is 10.7. The van der Waals surface area contributed by atoms with Crippen molar-refractivity contribution in [2.75, 3.05) is 0 Å². The summed E-state index contributed by atoms with van der Waals surface area (Å²) in [6.07, 6.45) is 0. The average molecular weight is 191 g/mol. The zero-order valence-corrected chi connectivity index (χ0v) is 8.52. The lowest BCUT2D eigenvalue weighted by atomic mass is 10.1. The first-order chi connectivity index (χ1) is 6.22. The molecule has 1 heteroatoms. The summed E-state index contributed by atoms with van der Waals surface area (Å²) in [6.45, 7) is 4.13. The highest BCUT2D eigenvalue weighted by atomic mass is 35.5. The largest absolute Gasteiger partial charge is 0.0837 e. The monoisotopic (exact) mass is 190 g/mol. The van der Waals surface area contributed by atoms with Crippen molar-refractivity contribution in [2.45, 2.75) is 13.8 Å². The van der Waals surface area contributed by atoms with E-state index in [1.807, 2.05) is 18.2 Å². The summed E-state index contributed by atoms with van der Waals surface area (Å²) in [6, 6.07) is 10.4. The van der Waals surface area contributed by atoms with E-state index in [4.69, 9.17) is 11.6 Å². The maximum Gasteiger partial charge on any atom is 0.0476 e. The third-order valence-electron chi connectivity index (χ3n) is 2.50. The molecule has 0 aromatic rings. The van der Waals surface area contributed by atoms with Crippen molar-refractivity contribution >= 4 is 11.6 Å². The van der Waals surface area contributed by atoms with Crippen molar-refractivity contribution < 1.29 is 0 Å². The van der Waals surface area contributed by atoms with Crippen LogP contribution >= 0.6 is 11.6 Å². The minimum absolute atomic E-state index is 0.904. The Balaban J connectivity index is 2.86. The lowest BCUT2D eigenvalue weighted by Gasteiger charge is -1.93. The molecule has 0 N–H and O–H groups in total. The van der Waals surface area contributed by atoms with Crippen molar-refractivity contribution in [3.63, 3.8) is 0 Å². The predicted molar refractivity (Wildman–Crippen MR) is 57.5 cm³/mol. The maximum absolute atomic E-state index is 6.16. The second-order valence-electron chi connectivity index (χ2n) is 3.30. The Bertz CT molecular complexity index is 381. The molecule has 0 heterocycles. The molecule has 2 rings (SSSR count). The van der Waals surface area contributed by atoms with E-state index >= 15 is 0 Å². The van der Waals surface area contributed by atoms with Crippen molar-refractivity contribution in [1.29, 1.82) is 0 Å². The number of hydrogen-bond donors (Lipinski definition) is 0. The van der Waals surface area contributed by atoms with E-state index in [0.717, 1.165) is 5.02 Å². The molecule has 0 aliphatic heterocycles. The summed E-state index contributed by atoms with van der Waals surface area (Å²) in [4.78, 5) is 0. The van der Waals surface area contributed by atoms with Gasteiger partial charge in [0.2, 0.25) is 0 Å². The molecule has 13 heavy (non-hydrogen) atoms. The number of rotatable bonds is 0. The third-order valence-corrected chi connectivity index (χ3v) is 3.07. The van der Waals surface area contributed by atoms with Crippen LogP contribution in [0.3, 0.4) is 0 Å². The molecule has 0 amide bonds. The summed E-state index contributed by atoms with van der Waals surface area (Å²) in [7, 11) is 0. The van der Waals surface area contributed by atoms with Gasteiger partial charge in [-0.1, -0.05) is 41.9 Å². The highest BCUT2D eigenvalue weighted by Crippen LogP contribution is 2.37. The molecule has 0 saturated heterocycles. The van der Waals surface area contributed by atoms with Crippen LogP contribution in [0.25, 0.3) is 11.1 Å². The highest BCUT2D eigenvalue weighted by molar-refractivity contribution is 6.33. The van der Waals surface area contributed by atoms with E-state index in [1.165, 1.54) is 22.3 Å². The van der Waals surface area contributed by atoms with Gasteiger partial charge in [0.05, 0.1) is 0 Å². The van der Waals surface area contributed by atoms with E-state index in [0.29, 0.717) is 0 Å². The fraction of sp³-hybridized carbons (Fsp3) is 0.167. The molecule has 2 aliphatic carbocycles. The van der Waals surface area contributed by atoms with Crippen LogP contribution in [0.2, 0.25) is 5.02 Å². The SMILES string of the molecule is Cc1c2cccccc-2c(C)c1Cl. The molecule has 0 spiro atoms. The zero-order valence-electron chi connectivity index (χ0n) is 7.76. The number of halogens is 1. The van der Waals surface area contributed by atoms with Gasteiger partial charge in [0.15, 0.2) is 0 Å². The van der Waals surface area contributed by atoms with E-state index in [-0.39, 0.29) is 0 Å². The smallest absolute Gasteiger partial charge is 0.0476 e. The van der Waals surface area contributed by atoms with E-state index in [9.17, 15) is 0 Å². The van der Waals surface area contributed by atoms with Gasteiger partial charge in [0.1, 0.15) is 0 Å². The molecule has 0 aromatic carbocycles. The summed E-state index contributed by atoms with van der Waals surface area (Å²) in [5.74, 6) is 0. The molecular formula is C12H11Cl. The van der Waals surface area contributed by atoms with Gasteiger partial charge in [-0.15, -0.1) is 0 Å². The highest BCUT2D eigenvalue weighted by Gasteiger charge is 2.14. The average Bonchev–Trinajstić information content (AvgIpc) is 2.40. The van der Waals surface area contributed by atoms with E-state index in [2.05, 4.69) is 26.0 Å². The molecular weight excluding hydrogens is 180 g/mol. The third kappa shape index (κ3) is 1.22. The Kier molecular flexibility index (Phi) is 2.01. The minimum atomic E-state index is 0.904. The molecule has 66 valence electrons. The van der Waals surface area contributed by atoms with Crippen molar-refractivity contribution in [2.24, 2.45) is 0 Å². The van der Waals surface area contributed by atoms with Gasteiger partial charge in [0.25, 0.3) is 0 Å². The molecule has 0 aromatic heterocycles. The molecule has 0 bridgehead atoms. The Labute approximate surface area is 83.5 Å². The van der Waals surface area contributed by atoms with Gasteiger partial charge >= 0.3 is 0 Å². The first-order valence-corrected chi connectivity index (χ1v) is 4.73. The molecule has 0 unspecified atom stereocenters. The first-order valence-electron chi connectivity index (χ1n) is 4.35. The van der Waals surface area contributed by atoms with Gasteiger partial charge < -0.3 is 0 Å². The van der Waals surface area contributed by atoms with Gasteiger partial charge in [-0.05, 0) is 36.1 Å². The number of fused-ring (bicyclic) bond motifs is 1. The van der Waals surface area contributed by atoms with Crippen molar-refractivity contribution in [1.82, 2.24) is 0 Å². The second kappa shape index (κ2) is 3.04.